The Morgan fingerprint density at radius 1 is 0.338 bits per heavy atom. The van der Waals surface area contributed by atoms with Gasteiger partial charge in [-0.05, 0) is 132 Å². The van der Waals surface area contributed by atoms with Crippen molar-refractivity contribution in [2.45, 2.75) is 52.4 Å². The van der Waals surface area contributed by atoms with E-state index in [2.05, 4.69) is 282 Å². The van der Waals surface area contributed by atoms with Crippen LogP contribution in [-0.4, -0.2) is 4.57 Å². The van der Waals surface area contributed by atoms with Gasteiger partial charge in [0.25, 0.3) is 0 Å². The maximum atomic E-state index is 2.49. The maximum absolute atomic E-state index is 2.49. The number of rotatable bonds is 8. The minimum atomic E-state index is -0.0895. The largest absolute Gasteiger partial charge is 0.310 e. The van der Waals surface area contributed by atoms with Crippen molar-refractivity contribution in [2.24, 2.45) is 0 Å². The molecule has 0 spiro atoms. The fraction of sp³-hybridized carbons (Fsp3) is 0.121. The molecule has 0 bridgehead atoms. The summed E-state index contributed by atoms with van der Waals surface area (Å²) in [6.07, 6.45) is 0. The summed E-state index contributed by atoms with van der Waals surface area (Å²) < 4.78 is 2.49. The molecule has 11 aromatic rings. The standard InChI is InChI=1S/C66H56N2/c1-65(2,3)51-37-40-59-62(43-51)68(53-24-11-8-12-25-53)63-44-52(66(4,5)6)42-60(64(59)63)50-23-17-26-55(41-50)67(61-30-16-15-28-58(61)48-19-9-7-10-20-48)54-38-35-46(36-39-54)45-31-33-49(34-32-45)57-29-18-22-47-21-13-14-27-56(47)57/h7-44H,1-6H3. The molecule has 0 aliphatic carbocycles. The van der Waals surface area contributed by atoms with Gasteiger partial charge < -0.3 is 9.47 Å². The van der Waals surface area contributed by atoms with Gasteiger partial charge in [0.2, 0.25) is 0 Å². The Labute approximate surface area is 401 Å². The van der Waals surface area contributed by atoms with E-state index in [0.717, 1.165) is 22.7 Å². The van der Waals surface area contributed by atoms with E-state index in [9.17, 15) is 0 Å². The molecule has 0 unspecified atom stereocenters. The Kier molecular flexibility index (Phi) is 10.7. The minimum absolute atomic E-state index is 0.000312. The first-order chi connectivity index (χ1) is 33.0. The third-order valence-electron chi connectivity index (χ3n) is 13.7. The molecule has 0 amide bonds. The van der Waals surface area contributed by atoms with Crippen molar-refractivity contribution in [3.63, 3.8) is 0 Å². The van der Waals surface area contributed by atoms with Gasteiger partial charge in [-0.2, -0.15) is 0 Å². The molecule has 330 valence electrons. The molecule has 0 saturated carbocycles. The fourth-order valence-electron chi connectivity index (χ4n) is 10.0. The van der Waals surface area contributed by atoms with Crippen LogP contribution < -0.4 is 4.90 Å². The third-order valence-corrected chi connectivity index (χ3v) is 13.7. The van der Waals surface area contributed by atoms with Crippen molar-refractivity contribution >= 4 is 49.6 Å². The predicted molar refractivity (Wildman–Crippen MR) is 292 cm³/mol. The van der Waals surface area contributed by atoms with E-state index in [1.54, 1.807) is 0 Å². The average Bonchev–Trinajstić information content (AvgIpc) is 3.70. The molecule has 0 radical (unpaired) electrons. The van der Waals surface area contributed by atoms with Crippen molar-refractivity contribution < 1.29 is 0 Å². The van der Waals surface area contributed by atoms with Crippen molar-refractivity contribution in [1.82, 2.24) is 4.57 Å². The van der Waals surface area contributed by atoms with Gasteiger partial charge in [-0.25, -0.2) is 0 Å². The van der Waals surface area contributed by atoms with Crippen molar-refractivity contribution in [1.29, 1.82) is 0 Å². The molecule has 10 aromatic carbocycles. The molecule has 0 aliphatic heterocycles. The molecule has 0 N–H and O–H groups in total. The second-order valence-corrected chi connectivity index (χ2v) is 20.2. The molecule has 1 heterocycles. The van der Waals surface area contributed by atoms with Crippen LogP contribution in [0.5, 0.6) is 0 Å². The van der Waals surface area contributed by atoms with Crippen LogP contribution >= 0.6 is 0 Å². The van der Waals surface area contributed by atoms with Crippen LogP contribution in [0.1, 0.15) is 52.7 Å². The van der Waals surface area contributed by atoms with Crippen LogP contribution in [-0.2, 0) is 10.8 Å². The topological polar surface area (TPSA) is 8.17 Å². The molecule has 11 rings (SSSR count). The average molecular weight is 877 g/mol. The normalized spacial score (nSPS) is 12.0. The van der Waals surface area contributed by atoms with Gasteiger partial charge >= 0.3 is 0 Å². The highest BCUT2D eigenvalue weighted by Crippen LogP contribution is 2.46. The number of benzene rings is 10. The van der Waals surface area contributed by atoms with Crippen LogP contribution in [0.15, 0.2) is 231 Å². The van der Waals surface area contributed by atoms with Crippen LogP contribution in [0, 0.1) is 0 Å². The number of hydrogen-bond acceptors (Lipinski definition) is 1. The Bertz CT molecular complexity index is 3600. The van der Waals surface area contributed by atoms with Gasteiger partial charge in [-0.15, -0.1) is 0 Å². The molecular weight excluding hydrogens is 821 g/mol. The Hall–Kier alpha value is -7.94. The summed E-state index contributed by atoms with van der Waals surface area (Å²) in [5, 5.41) is 5.05. The lowest BCUT2D eigenvalue weighted by Crippen LogP contribution is -2.12. The second kappa shape index (κ2) is 17.0. The summed E-state index contributed by atoms with van der Waals surface area (Å²) in [7, 11) is 0. The third kappa shape index (κ3) is 7.86. The van der Waals surface area contributed by atoms with Crippen molar-refractivity contribution in [2.75, 3.05) is 4.90 Å². The molecule has 0 atom stereocenters. The zero-order valence-corrected chi connectivity index (χ0v) is 39.8. The van der Waals surface area contributed by atoms with Crippen LogP contribution in [0.3, 0.4) is 0 Å². The lowest BCUT2D eigenvalue weighted by atomic mass is 9.83. The molecule has 0 saturated heterocycles. The summed E-state index contributed by atoms with van der Waals surface area (Å²) in [5.41, 5.74) is 19.0. The van der Waals surface area contributed by atoms with E-state index in [0.29, 0.717) is 0 Å². The van der Waals surface area contributed by atoms with E-state index in [-0.39, 0.29) is 10.8 Å². The van der Waals surface area contributed by atoms with Gasteiger partial charge in [0.05, 0.1) is 16.7 Å². The number of nitrogens with zero attached hydrogens (tertiary/aromatic N) is 2. The maximum Gasteiger partial charge on any atom is 0.0550 e. The molecule has 1 aromatic heterocycles. The predicted octanol–water partition coefficient (Wildman–Crippen LogP) is 18.7. The Morgan fingerprint density at radius 3 is 1.63 bits per heavy atom. The van der Waals surface area contributed by atoms with E-state index >= 15 is 0 Å². The second-order valence-electron chi connectivity index (χ2n) is 20.2. The van der Waals surface area contributed by atoms with Crippen molar-refractivity contribution in [3.8, 4) is 50.2 Å². The fourth-order valence-corrected chi connectivity index (χ4v) is 10.0. The van der Waals surface area contributed by atoms with E-state index in [4.69, 9.17) is 0 Å². The number of fused-ring (bicyclic) bond motifs is 4. The molecule has 2 heteroatoms. The molecule has 2 nitrogen and oxygen atoms in total. The van der Waals surface area contributed by atoms with E-state index < -0.39 is 0 Å². The smallest absolute Gasteiger partial charge is 0.0550 e. The summed E-state index contributed by atoms with van der Waals surface area (Å²) in [4.78, 5) is 2.44. The molecular formula is C66H56N2. The van der Waals surface area contributed by atoms with E-state index in [1.807, 2.05) is 0 Å². The lowest BCUT2D eigenvalue weighted by molar-refractivity contribution is 0.591. The Morgan fingerprint density at radius 2 is 0.897 bits per heavy atom. The molecule has 0 aliphatic rings. The zero-order chi connectivity index (χ0) is 46.6. The minimum Gasteiger partial charge on any atom is -0.310 e. The summed E-state index contributed by atoms with van der Waals surface area (Å²) in [6.45, 7) is 13.9. The zero-order valence-electron chi connectivity index (χ0n) is 39.8. The number of hydrogen-bond donors (Lipinski definition) is 0. The monoisotopic (exact) mass is 876 g/mol. The molecule has 0 fully saturated rings. The number of para-hydroxylation sites is 2. The van der Waals surface area contributed by atoms with Crippen LogP contribution in [0.25, 0.3) is 82.8 Å². The number of anilines is 3. The van der Waals surface area contributed by atoms with Gasteiger partial charge in [-0.3, -0.25) is 0 Å². The van der Waals surface area contributed by atoms with Crippen LogP contribution in [0.2, 0.25) is 0 Å². The van der Waals surface area contributed by atoms with Gasteiger partial charge in [-0.1, -0.05) is 211 Å². The summed E-state index contributed by atoms with van der Waals surface area (Å²) in [5.74, 6) is 0. The van der Waals surface area contributed by atoms with Gasteiger partial charge in [0, 0.05) is 33.4 Å². The first kappa shape index (κ1) is 42.7. The number of aromatic nitrogens is 1. The first-order valence-corrected chi connectivity index (χ1v) is 23.9. The summed E-state index contributed by atoms with van der Waals surface area (Å²) >= 11 is 0. The van der Waals surface area contributed by atoms with E-state index in [1.165, 1.54) is 88.2 Å². The summed E-state index contributed by atoms with van der Waals surface area (Å²) in [6, 6.07) is 84.9. The lowest BCUT2D eigenvalue weighted by Gasteiger charge is -2.28. The van der Waals surface area contributed by atoms with Gasteiger partial charge in [0.15, 0.2) is 0 Å². The van der Waals surface area contributed by atoms with Crippen LogP contribution in [0.4, 0.5) is 17.1 Å². The van der Waals surface area contributed by atoms with Crippen molar-refractivity contribution in [3.05, 3.63) is 242 Å². The highest BCUT2D eigenvalue weighted by molar-refractivity contribution is 6.16. The Balaban J connectivity index is 1.08. The van der Waals surface area contributed by atoms with Gasteiger partial charge in [0.1, 0.15) is 0 Å². The highest BCUT2D eigenvalue weighted by atomic mass is 15.1. The SMILES string of the molecule is CC(C)(C)c1ccc2c3c(-c4cccc(N(c5ccc(-c6ccc(-c7cccc8ccccc78)cc6)cc5)c5ccccc5-c5ccccc5)c4)cc(C(C)(C)C)cc3n(-c3ccccc3)c2c1. The first-order valence-electron chi connectivity index (χ1n) is 23.9. The highest BCUT2D eigenvalue weighted by Gasteiger charge is 2.25. The quantitative estimate of drug-likeness (QED) is 0.148. The molecule has 68 heavy (non-hydrogen) atoms.